The van der Waals surface area contributed by atoms with E-state index in [-0.39, 0.29) is 24.7 Å². The highest BCUT2D eigenvalue weighted by Gasteiger charge is 2.45. The number of nitrogens with zero attached hydrogens (tertiary/aromatic N) is 1. The molecule has 0 spiro atoms. The fourth-order valence-electron chi connectivity index (χ4n) is 3.17. The van der Waals surface area contributed by atoms with Gasteiger partial charge in [-0.2, -0.15) is 0 Å². The van der Waals surface area contributed by atoms with Crippen molar-refractivity contribution in [2.24, 2.45) is 5.92 Å². The second kappa shape index (κ2) is 5.30. The fraction of sp³-hybridized carbons (Fsp3) is 0.929. The summed E-state index contributed by atoms with van der Waals surface area (Å²) in [6, 6.07) is -0.212. The number of carbonyl (C=O) groups excluding carboxylic acids is 1. The van der Waals surface area contributed by atoms with Crippen LogP contribution >= 0.6 is 0 Å². The highest BCUT2D eigenvalue weighted by molar-refractivity contribution is 7.92. The van der Waals surface area contributed by atoms with Crippen molar-refractivity contribution in [3.63, 3.8) is 0 Å². The molecule has 1 N–H and O–H groups in total. The Morgan fingerprint density at radius 2 is 1.85 bits per heavy atom. The van der Waals surface area contributed by atoms with Crippen molar-refractivity contribution < 1.29 is 13.2 Å². The third-order valence-corrected chi connectivity index (χ3v) is 6.95. The van der Waals surface area contributed by atoms with Gasteiger partial charge in [0.05, 0.1) is 17.0 Å². The van der Waals surface area contributed by atoms with E-state index in [2.05, 4.69) is 5.32 Å². The smallest absolute Gasteiger partial charge is 0.240 e. The van der Waals surface area contributed by atoms with Gasteiger partial charge in [0.25, 0.3) is 0 Å². The SMILES string of the molecule is CC1NC(C2CCCC2)N(CC(C)(C)S(C)(=O)=O)C1=O. The minimum Gasteiger partial charge on any atom is -0.324 e. The predicted octanol–water partition coefficient (Wildman–Crippen LogP) is 1.15. The highest BCUT2D eigenvalue weighted by Crippen LogP contribution is 2.33. The molecule has 6 heteroatoms. The molecule has 1 heterocycles. The summed E-state index contributed by atoms with van der Waals surface area (Å²) in [6.07, 6.45) is 5.89. The van der Waals surface area contributed by atoms with Crippen LogP contribution in [0.1, 0.15) is 46.5 Å². The van der Waals surface area contributed by atoms with Gasteiger partial charge in [0.2, 0.25) is 5.91 Å². The summed E-state index contributed by atoms with van der Waals surface area (Å²) in [5.74, 6) is 0.484. The average molecular weight is 302 g/mol. The molecule has 1 aliphatic carbocycles. The molecule has 1 amide bonds. The van der Waals surface area contributed by atoms with E-state index in [9.17, 15) is 13.2 Å². The average Bonchev–Trinajstić information content (AvgIpc) is 2.91. The van der Waals surface area contributed by atoms with Crippen molar-refractivity contribution in [1.82, 2.24) is 10.2 Å². The lowest BCUT2D eigenvalue weighted by molar-refractivity contribution is -0.130. The van der Waals surface area contributed by atoms with Crippen molar-refractivity contribution in [2.45, 2.75) is 63.4 Å². The van der Waals surface area contributed by atoms with E-state index in [0.717, 1.165) is 12.8 Å². The zero-order valence-electron chi connectivity index (χ0n) is 12.8. The van der Waals surface area contributed by atoms with E-state index in [0.29, 0.717) is 5.92 Å². The lowest BCUT2D eigenvalue weighted by Gasteiger charge is -2.34. The van der Waals surface area contributed by atoms with Crippen LogP contribution in [0.15, 0.2) is 0 Å². The lowest BCUT2D eigenvalue weighted by Crippen LogP contribution is -2.51. The highest BCUT2D eigenvalue weighted by atomic mass is 32.2. The Bertz CT molecular complexity index is 481. The van der Waals surface area contributed by atoms with E-state index in [1.807, 2.05) is 6.92 Å². The Labute approximate surface area is 122 Å². The second-order valence-electron chi connectivity index (χ2n) is 6.88. The number of carbonyl (C=O) groups is 1. The maximum atomic E-state index is 12.3. The topological polar surface area (TPSA) is 66.5 Å². The summed E-state index contributed by atoms with van der Waals surface area (Å²) in [5.41, 5.74) is 0. The van der Waals surface area contributed by atoms with Gasteiger partial charge in [-0.15, -0.1) is 0 Å². The molecule has 1 saturated heterocycles. The number of nitrogens with one attached hydrogen (secondary N) is 1. The first-order valence-electron chi connectivity index (χ1n) is 7.39. The molecule has 2 aliphatic rings. The molecule has 2 fully saturated rings. The Kier molecular flexibility index (Phi) is 4.17. The molecular weight excluding hydrogens is 276 g/mol. The maximum Gasteiger partial charge on any atom is 0.240 e. The normalized spacial score (nSPS) is 29.4. The van der Waals surface area contributed by atoms with Crippen molar-refractivity contribution in [2.75, 3.05) is 12.8 Å². The van der Waals surface area contributed by atoms with Gasteiger partial charge >= 0.3 is 0 Å². The van der Waals surface area contributed by atoms with Gasteiger partial charge in [-0.3, -0.25) is 10.1 Å². The molecule has 2 rings (SSSR count). The molecule has 0 radical (unpaired) electrons. The van der Waals surface area contributed by atoms with Gasteiger partial charge in [0, 0.05) is 12.8 Å². The Morgan fingerprint density at radius 1 is 1.30 bits per heavy atom. The van der Waals surface area contributed by atoms with Crippen LogP contribution in [0.5, 0.6) is 0 Å². The van der Waals surface area contributed by atoms with Crippen LogP contribution in [-0.2, 0) is 14.6 Å². The summed E-state index contributed by atoms with van der Waals surface area (Å²) in [7, 11) is -3.20. The molecule has 116 valence electrons. The third-order valence-electron chi connectivity index (χ3n) is 4.81. The van der Waals surface area contributed by atoms with Crippen LogP contribution in [0.4, 0.5) is 0 Å². The van der Waals surface area contributed by atoms with Crippen molar-refractivity contribution in [3.8, 4) is 0 Å². The Balaban J connectivity index is 2.20. The number of hydrogen-bond donors (Lipinski definition) is 1. The summed E-state index contributed by atoms with van der Waals surface area (Å²) in [5, 5.41) is 3.35. The van der Waals surface area contributed by atoms with Gasteiger partial charge in [-0.05, 0) is 39.5 Å². The van der Waals surface area contributed by atoms with Crippen LogP contribution in [-0.4, -0.2) is 49.0 Å². The number of sulfone groups is 1. The number of rotatable bonds is 4. The van der Waals surface area contributed by atoms with Gasteiger partial charge in [0.15, 0.2) is 9.84 Å². The lowest BCUT2D eigenvalue weighted by atomic mass is 10.0. The molecule has 1 saturated carbocycles. The summed E-state index contributed by atoms with van der Waals surface area (Å²) in [6.45, 7) is 5.52. The first-order chi connectivity index (χ1) is 9.13. The minimum absolute atomic E-state index is 0.000949. The van der Waals surface area contributed by atoms with Crippen molar-refractivity contribution >= 4 is 15.7 Å². The third kappa shape index (κ3) is 2.86. The molecule has 0 aromatic heterocycles. The van der Waals surface area contributed by atoms with Gasteiger partial charge in [-0.1, -0.05) is 12.8 Å². The summed E-state index contributed by atoms with van der Waals surface area (Å²) in [4.78, 5) is 14.1. The molecule has 1 aliphatic heterocycles. The molecule has 0 aromatic carbocycles. The monoisotopic (exact) mass is 302 g/mol. The van der Waals surface area contributed by atoms with Crippen molar-refractivity contribution in [3.05, 3.63) is 0 Å². The standard InChI is InChI=1S/C14H26N2O3S/c1-10-13(17)16(9-14(2,3)20(4,18)19)12(15-10)11-7-5-6-8-11/h10-12,15H,5-9H2,1-4H3. The molecule has 5 nitrogen and oxygen atoms in total. The van der Waals surface area contributed by atoms with E-state index in [1.165, 1.54) is 19.1 Å². The summed E-state index contributed by atoms with van der Waals surface area (Å²) < 4.78 is 22.9. The van der Waals surface area contributed by atoms with Crippen LogP contribution in [0.2, 0.25) is 0 Å². The van der Waals surface area contributed by atoms with Crippen LogP contribution in [0, 0.1) is 5.92 Å². The van der Waals surface area contributed by atoms with Crippen LogP contribution < -0.4 is 5.32 Å². The van der Waals surface area contributed by atoms with Crippen LogP contribution in [0.25, 0.3) is 0 Å². The first kappa shape index (κ1) is 15.8. The van der Waals surface area contributed by atoms with E-state index in [4.69, 9.17) is 0 Å². The molecule has 20 heavy (non-hydrogen) atoms. The Morgan fingerprint density at radius 3 is 2.35 bits per heavy atom. The van der Waals surface area contributed by atoms with Gasteiger partial charge in [-0.25, -0.2) is 8.42 Å². The predicted molar refractivity (Wildman–Crippen MR) is 79.0 cm³/mol. The molecular formula is C14H26N2O3S. The van der Waals surface area contributed by atoms with E-state index in [1.54, 1.807) is 18.7 Å². The van der Waals surface area contributed by atoms with Gasteiger partial charge in [0.1, 0.15) is 0 Å². The molecule has 2 unspecified atom stereocenters. The molecule has 0 bridgehead atoms. The molecule has 0 aromatic rings. The zero-order chi connectivity index (χ0) is 15.1. The molecule has 2 atom stereocenters. The number of amides is 1. The van der Waals surface area contributed by atoms with Gasteiger partial charge < -0.3 is 4.90 Å². The van der Waals surface area contributed by atoms with E-state index >= 15 is 0 Å². The first-order valence-corrected chi connectivity index (χ1v) is 9.29. The Hall–Kier alpha value is -0.620. The largest absolute Gasteiger partial charge is 0.324 e. The number of hydrogen-bond acceptors (Lipinski definition) is 4. The second-order valence-corrected chi connectivity index (χ2v) is 9.53. The van der Waals surface area contributed by atoms with Crippen LogP contribution in [0.3, 0.4) is 0 Å². The maximum absolute atomic E-state index is 12.3. The quantitative estimate of drug-likeness (QED) is 0.846. The minimum atomic E-state index is -3.20. The fourth-order valence-corrected chi connectivity index (χ4v) is 3.54. The zero-order valence-corrected chi connectivity index (χ0v) is 13.7. The van der Waals surface area contributed by atoms with E-state index < -0.39 is 14.6 Å². The van der Waals surface area contributed by atoms with Crippen molar-refractivity contribution in [1.29, 1.82) is 0 Å². The summed E-state index contributed by atoms with van der Waals surface area (Å²) >= 11 is 0.